The lowest BCUT2D eigenvalue weighted by Crippen LogP contribution is -2.22. The number of carboxylic acids is 1. The van der Waals surface area contributed by atoms with Crippen molar-refractivity contribution < 1.29 is 9.90 Å². The fraction of sp³-hybridized carbons (Fsp3) is 0.667. The van der Waals surface area contributed by atoms with Crippen LogP contribution in [0.1, 0.15) is 48.3 Å². The largest absolute Gasteiger partial charge is 0.478 e. The second-order valence-corrected chi connectivity index (χ2v) is 6.52. The SMILES string of the molecule is CCc1nnc(NCC2CCSCC2)c(C(=O)O)c1CC. The third kappa shape index (κ3) is 3.87. The average molecular weight is 309 g/mol. The summed E-state index contributed by atoms with van der Waals surface area (Å²) in [4.78, 5) is 11.6. The molecule has 2 N–H and O–H groups in total. The van der Waals surface area contributed by atoms with Crippen LogP contribution in [0.5, 0.6) is 0 Å². The fourth-order valence-corrected chi connectivity index (χ4v) is 3.92. The van der Waals surface area contributed by atoms with Crippen molar-refractivity contribution in [2.45, 2.75) is 39.5 Å². The molecule has 1 aliphatic heterocycles. The number of anilines is 1. The van der Waals surface area contributed by atoms with Crippen molar-refractivity contribution in [3.8, 4) is 0 Å². The van der Waals surface area contributed by atoms with E-state index in [0.29, 0.717) is 30.1 Å². The van der Waals surface area contributed by atoms with E-state index in [1.807, 2.05) is 25.6 Å². The van der Waals surface area contributed by atoms with Crippen molar-refractivity contribution >= 4 is 23.5 Å². The normalized spacial score (nSPS) is 15.9. The number of aromatic carboxylic acids is 1. The zero-order valence-electron chi connectivity index (χ0n) is 12.7. The maximum Gasteiger partial charge on any atom is 0.339 e. The van der Waals surface area contributed by atoms with Gasteiger partial charge in [0.05, 0.1) is 5.69 Å². The van der Waals surface area contributed by atoms with E-state index >= 15 is 0 Å². The Balaban J connectivity index is 2.19. The predicted octanol–water partition coefficient (Wildman–Crippen LogP) is 2.85. The van der Waals surface area contributed by atoms with Crippen LogP contribution in [0.3, 0.4) is 0 Å². The van der Waals surface area contributed by atoms with E-state index in [-0.39, 0.29) is 0 Å². The molecule has 21 heavy (non-hydrogen) atoms. The van der Waals surface area contributed by atoms with Gasteiger partial charge in [-0.15, -0.1) is 5.10 Å². The van der Waals surface area contributed by atoms with Crippen molar-refractivity contribution in [3.05, 3.63) is 16.8 Å². The lowest BCUT2D eigenvalue weighted by Gasteiger charge is -2.22. The highest BCUT2D eigenvalue weighted by atomic mass is 32.2. The molecule has 0 aliphatic carbocycles. The third-order valence-electron chi connectivity index (χ3n) is 3.96. The summed E-state index contributed by atoms with van der Waals surface area (Å²) in [6.45, 7) is 4.72. The summed E-state index contributed by atoms with van der Waals surface area (Å²) in [6.07, 6.45) is 3.73. The Labute approximate surface area is 129 Å². The average Bonchev–Trinajstić information content (AvgIpc) is 2.52. The molecule has 0 bridgehead atoms. The molecule has 0 aromatic carbocycles. The van der Waals surface area contributed by atoms with Crippen LogP contribution in [0.25, 0.3) is 0 Å². The second-order valence-electron chi connectivity index (χ2n) is 5.30. The predicted molar refractivity (Wildman–Crippen MR) is 86.3 cm³/mol. The fourth-order valence-electron chi connectivity index (χ4n) is 2.72. The Morgan fingerprint density at radius 1 is 1.29 bits per heavy atom. The quantitative estimate of drug-likeness (QED) is 0.841. The molecule has 0 amide bonds. The molecular formula is C15H23N3O2S. The van der Waals surface area contributed by atoms with Gasteiger partial charge in [-0.05, 0) is 48.7 Å². The number of nitrogens with one attached hydrogen (secondary N) is 1. The van der Waals surface area contributed by atoms with Gasteiger partial charge in [-0.2, -0.15) is 16.9 Å². The number of carbonyl (C=O) groups is 1. The zero-order valence-corrected chi connectivity index (χ0v) is 13.5. The van der Waals surface area contributed by atoms with E-state index in [2.05, 4.69) is 15.5 Å². The maximum atomic E-state index is 11.6. The zero-order chi connectivity index (χ0) is 15.2. The van der Waals surface area contributed by atoms with Gasteiger partial charge in [0, 0.05) is 6.54 Å². The van der Waals surface area contributed by atoms with Gasteiger partial charge in [-0.1, -0.05) is 13.8 Å². The van der Waals surface area contributed by atoms with Gasteiger partial charge < -0.3 is 10.4 Å². The third-order valence-corrected chi connectivity index (χ3v) is 5.01. The van der Waals surface area contributed by atoms with Crippen LogP contribution in [0, 0.1) is 5.92 Å². The molecule has 6 heteroatoms. The molecule has 5 nitrogen and oxygen atoms in total. The molecule has 2 rings (SSSR count). The van der Waals surface area contributed by atoms with Gasteiger partial charge in [-0.25, -0.2) is 4.79 Å². The van der Waals surface area contributed by atoms with Crippen LogP contribution in [-0.2, 0) is 12.8 Å². The second kappa shape index (κ2) is 7.64. The van der Waals surface area contributed by atoms with E-state index in [0.717, 1.165) is 17.8 Å². The summed E-state index contributed by atoms with van der Waals surface area (Å²) < 4.78 is 0. The molecule has 0 radical (unpaired) electrons. The van der Waals surface area contributed by atoms with Gasteiger partial charge >= 0.3 is 5.97 Å². The molecule has 116 valence electrons. The molecule has 1 aromatic rings. The summed E-state index contributed by atoms with van der Waals surface area (Å²) in [5.74, 6) is 2.50. The Hall–Kier alpha value is -1.30. The Morgan fingerprint density at radius 2 is 2.00 bits per heavy atom. The number of rotatable bonds is 6. The van der Waals surface area contributed by atoms with Crippen molar-refractivity contribution in [1.29, 1.82) is 0 Å². The van der Waals surface area contributed by atoms with E-state index in [1.54, 1.807) is 0 Å². The molecule has 0 saturated carbocycles. The van der Waals surface area contributed by atoms with Gasteiger partial charge in [0.1, 0.15) is 5.56 Å². The highest BCUT2D eigenvalue weighted by Crippen LogP contribution is 2.25. The van der Waals surface area contributed by atoms with E-state index in [1.165, 1.54) is 24.3 Å². The van der Waals surface area contributed by atoms with Gasteiger partial charge in [0.2, 0.25) is 0 Å². The minimum atomic E-state index is -0.918. The number of hydrogen-bond acceptors (Lipinski definition) is 5. The van der Waals surface area contributed by atoms with Crippen LogP contribution in [-0.4, -0.2) is 39.3 Å². The Morgan fingerprint density at radius 3 is 2.57 bits per heavy atom. The minimum absolute atomic E-state index is 0.300. The highest BCUT2D eigenvalue weighted by Gasteiger charge is 2.21. The minimum Gasteiger partial charge on any atom is -0.478 e. The van der Waals surface area contributed by atoms with Crippen LogP contribution in [0.15, 0.2) is 0 Å². The van der Waals surface area contributed by atoms with Crippen LogP contribution >= 0.6 is 11.8 Å². The molecular weight excluding hydrogens is 286 g/mol. The van der Waals surface area contributed by atoms with Crippen LogP contribution < -0.4 is 5.32 Å². The highest BCUT2D eigenvalue weighted by molar-refractivity contribution is 7.99. The smallest absolute Gasteiger partial charge is 0.339 e. The van der Waals surface area contributed by atoms with E-state index in [4.69, 9.17) is 0 Å². The van der Waals surface area contributed by atoms with Crippen LogP contribution in [0.2, 0.25) is 0 Å². The van der Waals surface area contributed by atoms with Crippen molar-refractivity contribution in [2.24, 2.45) is 5.92 Å². The first-order valence-corrected chi connectivity index (χ1v) is 8.76. The summed E-state index contributed by atoms with van der Waals surface area (Å²) >= 11 is 1.99. The standard InChI is InChI=1S/C15H23N3O2S/c1-3-11-12(4-2)17-18-14(13(11)15(19)20)16-9-10-5-7-21-8-6-10/h10H,3-9H2,1-2H3,(H,16,18)(H,19,20). The summed E-state index contributed by atoms with van der Waals surface area (Å²) in [7, 11) is 0. The van der Waals surface area contributed by atoms with Gasteiger partial charge in [-0.3, -0.25) is 0 Å². The van der Waals surface area contributed by atoms with E-state index in [9.17, 15) is 9.90 Å². The first kappa shape index (κ1) is 16.1. The number of thioether (sulfide) groups is 1. The number of carboxylic acid groups (broad SMARTS) is 1. The summed E-state index contributed by atoms with van der Waals surface area (Å²) in [5.41, 5.74) is 1.89. The lowest BCUT2D eigenvalue weighted by molar-refractivity contribution is 0.0696. The lowest BCUT2D eigenvalue weighted by atomic mass is 10.0. The first-order chi connectivity index (χ1) is 10.2. The molecule has 0 unspecified atom stereocenters. The molecule has 1 fully saturated rings. The first-order valence-electron chi connectivity index (χ1n) is 7.60. The van der Waals surface area contributed by atoms with Gasteiger partial charge in [0.25, 0.3) is 0 Å². The van der Waals surface area contributed by atoms with Crippen molar-refractivity contribution in [3.63, 3.8) is 0 Å². The molecule has 0 atom stereocenters. The topological polar surface area (TPSA) is 75.1 Å². The maximum absolute atomic E-state index is 11.6. The Kier molecular flexibility index (Phi) is 5.85. The number of hydrogen-bond donors (Lipinski definition) is 2. The monoisotopic (exact) mass is 309 g/mol. The number of aromatic nitrogens is 2. The number of aryl methyl sites for hydroxylation is 1. The van der Waals surface area contributed by atoms with Crippen molar-refractivity contribution in [2.75, 3.05) is 23.4 Å². The van der Waals surface area contributed by atoms with Crippen LogP contribution in [0.4, 0.5) is 5.82 Å². The molecule has 1 saturated heterocycles. The Bertz CT molecular complexity index is 502. The number of nitrogens with zero attached hydrogens (tertiary/aromatic N) is 2. The molecule has 1 aromatic heterocycles. The van der Waals surface area contributed by atoms with E-state index < -0.39 is 5.97 Å². The molecule has 1 aliphatic rings. The molecule has 0 spiro atoms. The van der Waals surface area contributed by atoms with Gasteiger partial charge in [0.15, 0.2) is 5.82 Å². The van der Waals surface area contributed by atoms with Crippen molar-refractivity contribution in [1.82, 2.24) is 10.2 Å². The summed E-state index contributed by atoms with van der Waals surface area (Å²) in [6, 6.07) is 0. The summed E-state index contributed by atoms with van der Waals surface area (Å²) in [5, 5.41) is 21.1. The molecule has 2 heterocycles.